The second-order valence-corrected chi connectivity index (χ2v) is 5.51. The van der Waals surface area contributed by atoms with Gasteiger partial charge in [0.1, 0.15) is 23.3 Å². The van der Waals surface area contributed by atoms with Gasteiger partial charge in [0.15, 0.2) is 0 Å². The van der Waals surface area contributed by atoms with Crippen LogP contribution in [-0.4, -0.2) is 60.9 Å². The van der Waals surface area contributed by atoms with E-state index in [2.05, 4.69) is 11.6 Å². The van der Waals surface area contributed by atoms with Crippen molar-refractivity contribution in [3.05, 3.63) is 24.7 Å². The Balaban J connectivity index is 1.97. The Hall–Kier alpha value is -0.980. The number of ether oxygens (including phenoxy) is 2. The minimum Gasteiger partial charge on any atom is -0.381 e. The van der Waals surface area contributed by atoms with Gasteiger partial charge in [-0.3, -0.25) is 0 Å². The zero-order valence-corrected chi connectivity index (χ0v) is 11.8. The second-order valence-electron chi connectivity index (χ2n) is 4.31. The molecule has 5 nitrogen and oxygen atoms in total. The van der Waals surface area contributed by atoms with Gasteiger partial charge in [0.05, 0.1) is 6.61 Å². The average Bonchev–Trinajstić information content (AvgIpc) is 2.77. The van der Waals surface area contributed by atoms with Crippen LogP contribution in [0.4, 0.5) is 0 Å². The van der Waals surface area contributed by atoms with Crippen molar-refractivity contribution in [3.8, 4) is 0 Å². The van der Waals surface area contributed by atoms with Crippen molar-refractivity contribution in [1.82, 2.24) is 9.80 Å². The first-order valence-corrected chi connectivity index (χ1v) is 6.84. The fraction of sp³-hybridized carbons (Fsp3) is 0.583. The van der Waals surface area contributed by atoms with Gasteiger partial charge in [-0.15, -0.1) is 11.8 Å². The van der Waals surface area contributed by atoms with E-state index in [-0.39, 0.29) is 11.7 Å². The van der Waals surface area contributed by atoms with E-state index >= 15 is 0 Å². The number of aliphatic imine (C=N–C) groups is 1. The van der Waals surface area contributed by atoms with Crippen LogP contribution in [0.2, 0.25) is 0 Å². The van der Waals surface area contributed by atoms with Crippen molar-refractivity contribution in [1.29, 1.82) is 0 Å². The molecule has 100 valence electrons. The molecule has 0 radical (unpaired) electrons. The van der Waals surface area contributed by atoms with Gasteiger partial charge in [0.25, 0.3) is 0 Å². The SMILES string of the molecule is C=C1N=C(N(C)C)C=CN1[C@H]1CS[C@@H](COC)O1. The van der Waals surface area contributed by atoms with Crippen molar-refractivity contribution in [2.45, 2.75) is 11.7 Å². The van der Waals surface area contributed by atoms with Crippen LogP contribution in [0.3, 0.4) is 0 Å². The van der Waals surface area contributed by atoms with Crippen LogP contribution in [0, 0.1) is 0 Å². The van der Waals surface area contributed by atoms with Gasteiger partial charge >= 0.3 is 0 Å². The van der Waals surface area contributed by atoms with Crippen molar-refractivity contribution >= 4 is 17.6 Å². The zero-order valence-electron chi connectivity index (χ0n) is 11.0. The van der Waals surface area contributed by atoms with E-state index < -0.39 is 0 Å². The normalized spacial score (nSPS) is 27.6. The van der Waals surface area contributed by atoms with Gasteiger partial charge in [0, 0.05) is 33.2 Å². The topological polar surface area (TPSA) is 37.3 Å². The minimum absolute atomic E-state index is 0.00800. The smallest absolute Gasteiger partial charge is 0.145 e. The first kappa shape index (κ1) is 13.5. The van der Waals surface area contributed by atoms with Crippen LogP contribution in [0.5, 0.6) is 0 Å². The number of thioether (sulfide) groups is 1. The Bertz CT molecular complexity index is 382. The first-order chi connectivity index (χ1) is 8.61. The third-order valence-electron chi connectivity index (χ3n) is 2.73. The molecule has 0 unspecified atom stereocenters. The summed E-state index contributed by atoms with van der Waals surface area (Å²) < 4.78 is 11.0. The van der Waals surface area contributed by atoms with Gasteiger partial charge in [0.2, 0.25) is 0 Å². The lowest BCUT2D eigenvalue weighted by Gasteiger charge is -2.30. The summed E-state index contributed by atoms with van der Waals surface area (Å²) in [5, 5.41) is 0. The molecule has 2 heterocycles. The van der Waals surface area contributed by atoms with Gasteiger partial charge in [-0.1, -0.05) is 6.58 Å². The number of methoxy groups -OCH3 is 1. The highest BCUT2D eigenvalue weighted by Crippen LogP contribution is 2.30. The number of likely N-dealkylation sites (N-methyl/N-ethyl adjacent to an activating group) is 1. The van der Waals surface area contributed by atoms with E-state index in [0.717, 1.165) is 11.6 Å². The Labute approximate surface area is 112 Å². The molecule has 0 N–H and O–H groups in total. The molecule has 0 amide bonds. The molecule has 2 aliphatic heterocycles. The molecule has 1 saturated heterocycles. The molecule has 18 heavy (non-hydrogen) atoms. The summed E-state index contributed by atoms with van der Waals surface area (Å²) in [5.74, 6) is 2.50. The Morgan fingerprint density at radius 2 is 2.44 bits per heavy atom. The van der Waals surface area contributed by atoms with Gasteiger partial charge in [-0.2, -0.15) is 0 Å². The lowest BCUT2D eigenvalue weighted by molar-refractivity contribution is -0.0311. The maximum absolute atomic E-state index is 5.88. The van der Waals surface area contributed by atoms with E-state index in [4.69, 9.17) is 9.47 Å². The summed E-state index contributed by atoms with van der Waals surface area (Å²) in [6.45, 7) is 4.59. The number of rotatable bonds is 3. The Kier molecular flexibility index (Phi) is 4.31. The number of amidine groups is 1. The fourth-order valence-corrected chi connectivity index (χ4v) is 2.84. The van der Waals surface area contributed by atoms with E-state index in [1.165, 1.54) is 0 Å². The average molecular weight is 269 g/mol. The number of hydrogen-bond acceptors (Lipinski definition) is 6. The lowest BCUT2D eigenvalue weighted by Crippen LogP contribution is -2.35. The molecule has 0 aromatic carbocycles. The molecule has 2 atom stereocenters. The van der Waals surface area contributed by atoms with Crippen LogP contribution in [0.1, 0.15) is 0 Å². The molecule has 0 saturated carbocycles. The van der Waals surface area contributed by atoms with Gasteiger partial charge < -0.3 is 19.3 Å². The highest BCUT2D eigenvalue weighted by atomic mass is 32.2. The van der Waals surface area contributed by atoms with Crippen molar-refractivity contribution in [2.75, 3.05) is 33.6 Å². The van der Waals surface area contributed by atoms with Crippen molar-refractivity contribution < 1.29 is 9.47 Å². The summed E-state index contributed by atoms with van der Waals surface area (Å²) in [5.41, 5.74) is 0.0976. The third kappa shape index (κ3) is 2.88. The maximum Gasteiger partial charge on any atom is 0.145 e. The first-order valence-electron chi connectivity index (χ1n) is 5.79. The molecule has 0 aliphatic carbocycles. The number of nitrogens with zero attached hydrogens (tertiary/aromatic N) is 3. The lowest BCUT2D eigenvalue weighted by atomic mass is 10.4. The monoisotopic (exact) mass is 269 g/mol. The molecule has 0 aromatic heterocycles. The van der Waals surface area contributed by atoms with E-state index in [0.29, 0.717) is 12.4 Å². The molecule has 0 aromatic rings. The summed E-state index contributed by atoms with van der Waals surface area (Å²) in [6.07, 6.45) is 3.93. The van der Waals surface area contributed by atoms with E-state index in [1.807, 2.05) is 36.2 Å². The highest BCUT2D eigenvalue weighted by Gasteiger charge is 2.31. The largest absolute Gasteiger partial charge is 0.381 e. The van der Waals surface area contributed by atoms with Crippen molar-refractivity contribution in [2.24, 2.45) is 4.99 Å². The molecule has 0 spiro atoms. The molecule has 2 aliphatic rings. The molecule has 2 rings (SSSR count). The Morgan fingerprint density at radius 3 is 3.06 bits per heavy atom. The predicted molar refractivity (Wildman–Crippen MR) is 74.2 cm³/mol. The molecular weight excluding hydrogens is 250 g/mol. The predicted octanol–water partition coefficient (Wildman–Crippen LogP) is 1.31. The van der Waals surface area contributed by atoms with Crippen molar-refractivity contribution in [3.63, 3.8) is 0 Å². The number of hydrogen-bond donors (Lipinski definition) is 0. The standard InChI is InChI=1S/C12H19N3O2S/c1-9-13-10(14(2)3)5-6-15(9)11-8-18-12(17-11)7-16-4/h5-6,11-12H,1,7-8H2,2-4H3/t11-,12+/m1/s1. The molecule has 1 fully saturated rings. The Morgan fingerprint density at radius 1 is 1.67 bits per heavy atom. The van der Waals surface area contributed by atoms with Crippen LogP contribution in [0.15, 0.2) is 29.7 Å². The quantitative estimate of drug-likeness (QED) is 0.772. The van der Waals surface area contributed by atoms with Gasteiger partial charge in [-0.05, 0) is 6.08 Å². The third-order valence-corrected chi connectivity index (χ3v) is 3.83. The van der Waals surface area contributed by atoms with Crippen LogP contribution >= 0.6 is 11.8 Å². The van der Waals surface area contributed by atoms with Crippen LogP contribution in [0.25, 0.3) is 0 Å². The maximum atomic E-state index is 5.88. The minimum atomic E-state index is -0.00800. The molecule has 6 heteroatoms. The van der Waals surface area contributed by atoms with Crippen LogP contribution in [-0.2, 0) is 9.47 Å². The fourth-order valence-electron chi connectivity index (χ4n) is 1.78. The second kappa shape index (κ2) is 5.77. The van der Waals surface area contributed by atoms with E-state index in [1.54, 1.807) is 18.9 Å². The van der Waals surface area contributed by atoms with E-state index in [9.17, 15) is 0 Å². The summed E-state index contributed by atoms with van der Waals surface area (Å²) in [7, 11) is 5.61. The highest BCUT2D eigenvalue weighted by molar-refractivity contribution is 8.00. The summed E-state index contributed by atoms with van der Waals surface area (Å²) in [4.78, 5) is 8.37. The summed E-state index contributed by atoms with van der Waals surface area (Å²) >= 11 is 1.76. The van der Waals surface area contributed by atoms with Crippen LogP contribution < -0.4 is 0 Å². The summed E-state index contributed by atoms with van der Waals surface area (Å²) in [6, 6.07) is 0. The zero-order chi connectivity index (χ0) is 13.1. The molecular formula is C12H19N3O2S. The molecule has 0 bridgehead atoms. The van der Waals surface area contributed by atoms with Gasteiger partial charge in [-0.25, -0.2) is 4.99 Å².